The number of rotatable bonds is 5. The van der Waals surface area contributed by atoms with Crippen LogP contribution in [0.25, 0.3) is 0 Å². The molecule has 0 saturated carbocycles. The minimum absolute atomic E-state index is 0.0487. The largest absolute Gasteiger partial charge is 0.507 e. The Kier molecular flexibility index (Phi) is 4.95. The van der Waals surface area contributed by atoms with Gasteiger partial charge >= 0.3 is 0 Å². The zero-order valence-electron chi connectivity index (χ0n) is 14.1. The first kappa shape index (κ1) is 17.9. The van der Waals surface area contributed by atoms with E-state index >= 15 is 0 Å². The minimum atomic E-state index is -0.433. The Morgan fingerprint density at radius 2 is 1.69 bits per heavy atom. The molecule has 0 fully saturated rings. The highest BCUT2D eigenvalue weighted by atomic mass is 35.5. The Morgan fingerprint density at radius 3 is 2.27 bits per heavy atom. The fourth-order valence-corrected chi connectivity index (χ4v) is 3.11. The average Bonchev–Trinajstić information content (AvgIpc) is 2.65. The lowest BCUT2D eigenvalue weighted by Crippen LogP contribution is -2.44. The Hall–Kier alpha value is -2.86. The molecule has 0 aliphatic heterocycles. The van der Waals surface area contributed by atoms with E-state index < -0.39 is 11.7 Å². The fraction of sp³-hybridized carbons (Fsp3) is 0.211. The Bertz CT molecular complexity index is 910. The number of phenols is 1. The van der Waals surface area contributed by atoms with Gasteiger partial charge in [-0.05, 0) is 18.6 Å². The molecule has 0 bridgehead atoms. The predicted octanol–water partition coefficient (Wildman–Crippen LogP) is 2.65. The van der Waals surface area contributed by atoms with E-state index in [1.165, 1.54) is 17.1 Å². The topological polar surface area (TPSA) is 86.7 Å². The highest BCUT2D eigenvalue weighted by Crippen LogP contribution is 2.38. The van der Waals surface area contributed by atoms with Crippen LogP contribution in [-0.2, 0) is 4.79 Å². The van der Waals surface area contributed by atoms with Crippen LogP contribution in [0, 0.1) is 0 Å². The smallest absolute Gasteiger partial charge is 0.253 e. The van der Waals surface area contributed by atoms with Crippen molar-refractivity contribution in [2.75, 3.05) is 17.4 Å². The summed E-state index contributed by atoms with van der Waals surface area (Å²) in [7, 11) is 0. The maximum atomic E-state index is 13.1. The highest BCUT2D eigenvalue weighted by Gasteiger charge is 2.35. The van der Waals surface area contributed by atoms with Gasteiger partial charge in [-0.2, -0.15) is 0 Å². The summed E-state index contributed by atoms with van der Waals surface area (Å²) < 4.78 is 0. The lowest BCUT2D eigenvalue weighted by molar-refractivity contribution is -0.118. The van der Waals surface area contributed by atoms with Crippen molar-refractivity contribution in [3.63, 3.8) is 0 Å². The zero-order chi connectivity index (χ0) is 18.8. The summed E-state index contributed by atoms with van der Waals surface area (Å²) in [5.74, 6) is -1.73. The van der Waals surface area contributed by atoms with Crippen molar-refractivity contribution in [3.05, 3.63) is 58.7 Å². The van der Waals surface area contributed by atoms with Gasteiger partial charge in [-0.15, -0.1) is 11.6 Å². The molecule has 134 valence electrons. The van der Waals surface area contributed by atoms with E-state index in [1.807, 2.05) is 6.92 Å². The number of carbonyl (C=O) groups is 3. The van der Waals surface area contributed by atoms with Gasteiger partial charge in [-0.1, -0.05) is 31.2 Å². The molecule has 7 heteroatoms. The SMILES string of the molecule is CCCN(NC(=O)CCl)c1ccc(O)c2c1C(=O)c1ccccc1C2=O. The molecule has 2 N–H and O–H groups in total. The van der Waals surface area contributed by atoms with Crippen molar-refractivity contribution >= 4 is 34.8 Å². The second kappa shape index (κ2) is 7.17. The number of ketones is 2. The van der Waals surface area contributed by atoms with Crippen LogP contribution < -0.4 is 10.4 Å². The van der Waals surface area contributed by atoms with Crippen LogP contribution in [-0.4, -0.2) is 35.0 Å². The summed E-state index contributed by atoms with van der Waals surface area (Å²) in [4.78, 5) is 37.7. The summed E-state index contributed by atoms with van der Waals surface area (Å²) in [5.41, 5.74) is 3.54. The third-order valence-electron chi connectivity index (χ3n) is 4.15. The van der Waals surface area contributed by atoms with Gasteiger partial charge in [0.05, 0.1) is 16.8 Å². The maximum Gasteiger partial charge on any atom is 0.253 e. The second-order valence-corrected chi connectivity index (χ2v) is 6.15. The van der Waals surface area contributed by atoms with Gasteiger partial charge in [0, 0.05) is 17.7 Å². The Morgan fingerprint density at radius 1 is 1.08 bits per heavy atom. The summed E-state index contributed by atoms with van der Waals surface area (Å²) >= 11 is 5.57. The molecule has 0 radical (unpaired) electrons. The maximum absolute atomic E-state index is 13.1. The van der Waals surface area contributed by atoms with E-state index in [9.17, 15) is 19.5 Å². The van der Waals surface area contributed by atoms with Crippen molar-refractivity contribution in [1.29, 1.82) is 0 Å². The van der Waals surface area contributed by atoms with Crippen LogP contribution >= 0.6 is 11.6 Å². The van der Waals surface area contributed by atoms with E-state index in [1.54, 1.807) is 24.3 Å². The number of halogens is 1. The number of anilines is 1. The van der Waals surface area contributed by atoms with Crippen molar-refractivity contribution in [1.82, 2.24) is 5.43 Å². The van der Waals surface area contributed by atoms with Crippen LogP contribution in [0.15, 0.2) is 36.4 Å². The van der Waals surface area contributed by atoms with Crippen molar-refractivity contribution in [2.24, 2.45) is 0 Å². The zero-order valence-corrected chi connectivity index (χ0v) is 14.8. The molecule has 2 aromatic carbocycles. The van der Waals surface area contributed by atoms with Crippen LogP contribution in [0.4, 0.5) is 5.69 Å². The molecule has 0 unspecified atom stereocenters. The Balaban J connectivity index is 2.20. The van der Waals surface area contributed by atoms with Crippen molar-refractivity contribution in [3.8, 4) is 5.75 Å². The normalized spacial score (nSPS) is 12.4. The number of fused-ring (bicyclic) bond motifs is 2. The third kappa shape index (κ3) is 2.93. The quantitative estimate of drug-likeness (QED) is 0.531. The summed E-state index contributed by atoms with van der Waals surface area (Å²) in [6.07, 6.45) is 0.678. The lowest BCUT2D eigenvalue weighted by atomic mass is 9.82. The van der Waals surface area contributed by atoms with E-state index in [2.05, 4.69) is 5.43 Å². The minimum Gasteiger partial charge on any atom is -0.507 e. The molecule has 2 aromatic rings. The Labute approximate surface area is 155 Å². The molecule has 1 amide bonds. The molecule has 1 aliphatic rings. The van der Waals surface area contributed by atoms with Gasteiger partial charge < -0.3 is 5.11 Å². The molecule has 0 aromatic heterocycles. The number of phenolic OH excluding ortho intramolecular Hbond substituents is 1. The van der Waals surface area contributed by atoms with E-state index in [0.717, 1.165) is 0 Å². The monoisotopic (exact) mass is 372 g/mol. The first-order chi connectivity index (χ1) is 12.5. The molecule has 0 heterocycles. The van der Waals surface area contributed by atoms with Crippen LogP contribution in [0.1, 0.15) is 45.2 Å². The molecule has 3 rings (SSSR count). The van der Waals surface area contributed by atoms with Crippen LogP contribution in [0.2, 0.25) is 0 Å². The van der Waals surface area contributed by atoms with Gasteiger partial charge in [0.25, 0.3) is 5.91 Å². The number of benzene rings is 2. The molecule has 1 aliphatic carbocycles. The molecule has 6 nitrogen and oxygen atoms in total. The number of amides is 1. The summed E-state index contributed by atoms with van der Waals surface area (Å²) in [5, 5.41) is 11.7. The molecule has 0 spiro atoms. The summed E-state index contributed by atoms with van der Waals surface area (Å²) in [6, 6.07) is 9.34. The lowest BCUT2D eigenvalue weighted by Gasteiger charge is -2.29. The number of nitrogens with zero attached hydrogens (tertiary/aromatic N) is 1. The number of hydrogen-bond acceptors (Lipinski definition) is 5. The van der Waals surface area contributed by atoms with E-state index in [-0.39, 0.29) is 39.7 Å². The number of hydrogen-bond donors (Lipinski definition) is 2. The van der Waals surface area contributed by atoms with Gasteiger partial charge in [0.1, 0.15) is 11.6 Å². The van der Waals surface area contributed by atoms with Gasteiger partial charge in [-0.25, -0.2) is 0 Å². The molecule has 0 saturated heterocycles. The number of alkyl halides is 1. The highest BCUT2D eigenvalue weighted by molar-refractivity contribution is 6.31. The molecule has 0 atom stereocenters. The van der Waals surface area contributed by atoms with Gasteiger partial charge in [0.2, 0.25) is 0 Å². The molecular formula is C19H17ClN2O4. The molecular weight excluding hydrogens is 356 g/mol. The standard InChI is InChI=1S/C19H17ClN2O4/c1-2-9-22(21-15(24)10-20)13-7-8-14(23)17-16(13)18(25)11-5-3-4-6-12(11)19(17)26/h3-8,23H,2,9-10H2,1H3,(H,21,24). The number of hydrazine groups is 1. The van der Waals surface area contributed by atoms with Crippen molar-refractivity contribution in [2.45, 2.75) is 13.3 Å². The van der Waals surface area contributed by atoms with Crippen molar-refractivity contribution < 1.29 is 19.5 Å². The van der Waals surface area contributed by atoms with Crippen LogP contribution in [0.5, 0.6) is 5.75 Å². The molecule has 26 heavy (non-hydrogen) atoms. The van der Waals surface area contributed by atoms with Gasteiger partial charge in [0.15, 0.2) is 11.6 Å². The fourth-order valence-electron chi connectivity index (χ4n) is 3.05. The number of aromatic hydroxyl groups is 1. The first-order valence-corrected chi connectivity index (χ1v) is 8.70. The number of carbonyl (C=O) groups excluding carboxylic acids is 3. The van der Waals surface area contributed by atoms with Crippen LogP contribution in [0.3, 0.4) is 0 Å². The second-order valence-electron chi connectivity index (χ2n) is 5.88. The van der Waals surface area contributed by atoms with E-state index in [4.69, 9.17) is 11.6 Å². The first-order valence-electron chi connectivity index (χ1n) is 8.17. The third-order valence-corrected chi connectivity index (χ3v) is 4.39. The number of nitrogens with one attached hydrogen (secondary N) is 1. The summed E-state index contributed by atoms with van der Waals surface area (Å²) in [6.45, 7) is 2.32. The van der Waals surface area contributed by atoms with Gasteiger partial charge in [-0.3, -0.25) is 24.8 Å². The van der Waals surface area contributed by atoms with E-state index in [0.29, 0.717) is 18.7 Å². The predicted molar refractivity (Wildman–Crippen MR) is 97.9 cm³/mol. The average molecular weight is 373 g/mol.